The van der Waals surface area contributed by atoms with Gasteiger partial charge >= 0.3 is 0 Å². The Morgan fingerprint density at radius 3 is 2.64 bits per heavy atom. The highest BCUT2D eigenvalue weighted by Crippen LogP contribution is 2.38. The molecule has 3 nitrogen and oxygen atoms in total. The largest absolute Gasteiger partial charge is 0.338 e. The maximum atomic E-state index is 4.35. The maximum Gasteiger partial charge on any atom is 0.225 e. The molecule has 1 saturated carbocycles. The van der Waals surface area contributed by atoms with Crippen molar-refractivity contribution in [1.29, 1.82) is 0 Å². The Bertz CT molecular complexity index is 338. The second-order valence-corrected chi connectivity index (χ2v) is 5.10. The number of halogens is 1. The van der Waals surface area contributed by atoms with Crippen molar-refractivity contribution < 1.29 is 0 Å². The highest BCUT2D eigenvalue weighted by atomic mass is 79.9. The maximum absolute atomic E-state index is 4.35. The molecular formula is C10H12BrN3. The Morgan fingerprint density at radius 1 is 1.29 bits per heavy atom. The van der Waals surface area contributed by atoms with Gasteiger partial charge in [0.25, 0.3) is 0 Å². The minimum Gasteiger partial charge on any atom is -0.338 e. The smallest absolute Gasteiger partial charge is 0.225 e. The van der Waals surface area contributed by atoms with Crippen LogP contribution in [0.5, 0.6) is 0 Å². The number of fused-ring (bicyclic) bond motifs is 2. The average molecular weight is 254 g/mol. The van der Waals surface area contributed by atoms with Gasteiger partial charge in [-0.15, -0.1) is 0 Å². The van der Waals surface area contributed by atoms with E-state index in [1.807, 2.05) is 12.4 Å². The van der Waals surface area contributed by atoms with E-state index in [0.717, 1.165) is 22.9 Å². The van der Waals surface area contributed by atoms with Crippen LogP contribution in [0.15, 0.2) is 16.9 Å². The first-order chi connectivity index (χ1) is 6.83. The van der Waals surface area contributed by atoms with Crippen molar-refractivity contribution in [3.63, 3.8) is 0 Å². The first-order valence-electron chi connectivity index (χ1n) is 5.07. The summed E-state index contributed by atoms with van der Waals surface area (Å²) in [6.07, 6.45) is 7.73. The molecule has 0 aromatic carbocycles. The summed E-state index contributed by atoms with van der Waals surface area (Å²) < 4.78 is 0.950. The molecular weight excluding hydrogens is 242 g/mol. The Balaban J connectivity index is 1.86. The minimum atomic E-state index is 0.709. The van der Waals surface area contributed by atoms with E-state index >= 15 is 0 Å². The van der Waals surface area contributed by atoms with Crippen molar-refractivity contribution in [3.8, 4) is 0 Å². The zero-order valence-corrected chi connectivity index (χ0v) is 9.44. The molecule has 2 aliphatic rings. The zero-order valence-electron chi connectivity index (χ0n) is 7.86. The van der Waals surface area contributed by atoms with Crippen molar-refractivity contribution >= 4 is 21.9 Å². The van der Waals surface area contributed by atoms with E-state index in [0.29, 0.717) is 6.04 Å². The molecule has 0 N–H and O–H groups in total. The Kier molecular flexibility index (Phi) is 1.97. The molecule has 14 heavy (non-hydrogen) atoms. The third kappa shape index (κ3) is 1.32. The third-order valence-corrected chi connectivity index (χ3v) is 3.68. The van der Waals surface area contributed by atoms with Crippen LogP contribution in [0.4, 0.5) is 5.95 Å². The third-order valence-electron chi connectivity index (χ3n) is 3.27. The van der Waals surface area contributed by atoms with E-state index in [1.165, 1.54) is 19.3 Å². The first kappa shape index (κ1) is 8.65. The van der Waals surface area contributed by atoms with Gasteiger partial charge in [0, 0.05) is 25.0 Å². The molecule has 3 rings (SSSR count). The monoisotopic (exact) mass is 253 g/mol. The molecule has 0 amide bonds. The number of rotatable bonds is 1. The fourth-order valence-electron chi connectivity index (χ4n) is 2.62. The van der Waals surface area contributed by atoms with Crippen LogP contribution < -0.4 is 4.90 Å². The molecule has 0 unspecified atom stereocenters. The lowest BCUT2D eigenvalue weighted by atomic mass is 10.1. The Hall–Kier alpha value is -0.640. The molecule has 2 fully saturated rings. The highest BCUT2D eigenvalue weighted by Gasteiger charge is 2.38. The van der Waals surface area contributed by atoms with Gasteiger partial charge in [-0.25, -0.2) is 9.97 Å². The van der Waals surface area contributed by atoms with E-state index < -0.39 is 0 Å². The number of aromatic nitrogens is 2. The molecule has 1 saturated heterocycles. The van der Waals surface area contributed by atoms with Gasteiger partial charge in [-0.3, -0.25) is 0 Å². The van der Waals surface area contributed by atoms with E-state index in [9.17, 15) is 0 Å². The van der Waals surface area contributed by atoms with Gasteiger partial charge in [-0.1, -0.05) is 0 Å². The molecule has 74 valence electrons. The van der Waals surface area contributed by atoms with Crippen molar-refractivity contribution in [2.75, 3.05) is 11.4 Å². The Morgan fingerprint density at radius 2 is 2.07 bits per heavy atom. The lowest BCUT2D eigenvalue weighted by Crippen LogP contribution is -2.33. The molecule has 2 atom stereocenters. The lowest BCUT2D eigenvalue weighted by molar-refractivity contribution is 0.546. The molecule has 1 aliphatic carbocycles. The van der Waals surface area contributed by atoms with Crippen LogP contribution in [-0.2, 0) is 0 Å². The van der Waals surface area contributed by atoms with E-state index in [2.05, 4.69) is 30.8 Å². The van der Waals surface area contributed by atoms with Crippen LogP contribution in [-0.4, -0.2) is 22.6 Å². The summed E-state index contributed by atoms with van der Waals surface area (Å²) in [5.41, 5.74) is 0. The van der Waals surface area contributed by atoms with Crippen LogP contribution >= 0.6 is 15.9 Å². The fourth-order valence-corrected chi connectivity index (χ4v) is 2.83. The van der Waals surface area contributed by atoms with Gasteiger partial charge in [-0.05, 0) is 41.1 Å². The van der Waals surface area contributed by atoms with E-state index in [4.69, 9.17) is 0 Å². The number of hydrogen-bond acceptors (Lipinski definition) is 3. The Labute approximate surface area is 91.7 Å². The van der Waals surface area contributed by atoms with Gasteiger partial charge in [0.1, 0.15) is 0 Å². The van der Waals surface area contributed by atoms with Gasteiger partial charge in [0.05, 0.1) is 4.47 Å². The SMILES string of the molecule is Brc1cnc(N2C[C@@H]3CC[C@H]2C3)nc1. The molecule has 4 heteroatoms. The van der Waals surface area contributed by atoms with Crippen molar-refractivity contribution in [1.82, 2.24) is 9.97 Å². The summed E-state index contributed by atoms with van der Waals surface area (Å²) in [7, 11) is 0. The molecule has 1 aromatic rings. The van der Waals surface area contributed by atoms with Crippen molar-refractivity contribution in [2.24, 2.45) is 5.92 Å². The molecule has 2 heterocycles. The van der Waals surface area contributed by atoms with Crippen LogP contribution in [0.25, 0.3) is 0 Å². The predicted molar refractivity (Wildman–Crippen MR) is 58.2 cm³/mol. The predicted octanol–water partition coefficient (Wildman–Crippen LogP) is 2.23. The first-order valence-corrected chi connectivity index (χ1v) is 5.86. The topological polar surface area (TPSA) is 29.0 Å². The highest BCUT2D eigenvalue weighted by molar-refractivity contribution is 9.10. The van der Waals surface area contributed by atoms with Gasteiger partial charge in [0.15, 0.2) is 0 Å². The number of piperidine rings is 1. The van der Waals surface area contributed by atoms with Crippen LogP contribution in [0.3, 0.4) is 0 Å². The quantitative estimate of drug-likeness (QED) is 0.769. The van der Waals surface area contributed by atoms with E-state index in [1.54, 1.807) is 0 Å². The van der Waals surface area contributed by atoms with Gasteiger partial charge < -0.3 is 4.90 Å². The van der Waals surface area contributed by atoms with Crippen molar-refractivity contribution in [3.05, 3.63) is 16.9 Å². The van der Waals surface area contributed by atoms with Crippen LogP contribution in [0.2, 0.25) is 0 Å². The number of nitrogens with zero attached hydrogens (tertiary/aromatic N) is 3. The van der Waals surface area contributed by atoms with Crippen molar-refractivity contribution in [2.45, 2.75) is 25.3 Å². The second kappa shape index (κ2) is 3.19. The van der Waals surface area contributed by atoms with Crippen LogP contribution in [0.1, 0.15) is 19.3 Å². The molecule has 0 radical (unpaired) electrons. The summed E-state index contributed by atoms with van der Waals surface area (Å²) in [5.74, 6) is 1.80. The minimum absolute atomic E-state index is 0.709. The van der Waals surface area contributed by atoms with Gasteiger partial charge in [0.2, 0.25) is 5.95 Å². The molecule has 2 bridgehead atoms. The van der Waals surface area contributed by atoms with E-state index in [-0.39, 0.29) is 0 Å². The second-order valence-electron chi connectivity index (χ2n) is 4.19. The summed E-state index contributed by atoms with van der Waals surface area (Å²) in [6, 6.07) is 0.709. The lowest BCUT2D eigenvalue weighted by Gasteiger charge is -2.26. The average Bonchev–Trinajstić information content (AvgIpc) is 2.80. The van der Waals surface area contributed by atoms with Crippen LogP contribution in [0, 0.1) is 5.92 Å². The molecule has 1 aromatic heterocycles. The zero-order chi connectivity index (χ0) is 9.54. The summed E-state index contributed by atoms with van der Waals surface area (Å²) in [4.78, 5) is 11.1. The molecule has 0 spiro atoms. The van der Waals surface area contributed by atoms with Gasteiger partial charge in [-0.2, -0.15) is 0 Å². The molecule has 1 aliphatic heterocycles. The summed E-state index contributed by atoms with van der Waals surface area (Å²) in [6.45, 7) is 1.16. The number of hydrogen-bond donors (Lipinski definition) is 0. The normalized spacial score (nSPS) is 29.9. The summed E-state index contributed by atoms with van der Waals surface area (Å²) in [5, 5.41) is 0. The fraction of sp³-hybridized carbons (Fsp3) is 0.600. The number of anilines is 1. The summed E-state index contributed by atoms with van der Waals surface area (Å²) >= 11 is 3.35. The standard InChI is InChI=1S/C10H12BrN3/c11-8-4-12-10(13-5-8)14-6-7-1-2-9(14)3-7/h4-5,7,9H,1-3,6H2/t7-,9+/m1/s1.